The van der Waals surface area contributed by atoms with Gasteiger partial charge in [0.15, 0.2) is 11.6 Å². The summed E-state index contributed by atoms with van der Waals surface area (Å²) >= 11 is 0. The lowest BCUT2D eigenvalue weighted by Gasteiger charge is -2.21. The van der Waals surface area contributed by atoms with Crippen LogP contribution in [0.25, 0.3) is 0 Å². The number of nitrogens with one attached hydrogen (secondary N) is 2. The van der Waals surface area contributed by atoms with Crippen molar-refractivity contribution in [1.29, 1.82) is 0 Å². The van der Waals surface area contributed by atoms with Crippen LogP contribution in [-0.4, -0.2) is 25.0 Å². The molecule has 1 aromatic rings. The SMILES string of the molecule is COc1cc(C2NC(=O)C[C@@H]2NC(=O)C2CC2)ccc1F. The van der Waals surface area contributed by atoms with E-state index in [-0.39, 0.29) is 42.0 Å². The maximum absolute atomic E-state index is 13.5. The largest absolute Gasteiger partial charge is 0.494 e. The Morgan fingerprint density at radius 2 is 2.19 bits per heavy atom. The summed E-state index contributed by atoms with van der Waals surface area (Å²) in [7, 11) is 1.39. The monoisotopic (exact) mass is 292 g/mol. The van der Waals surface area contributed by atoms with E-state index in [1.165, 1.54) is 13.2 Å². The Hall–Kier alpha value is -2.11. The number of hydrogen-bond acceptors (Lipinski definition) is 3. The third kappa shape index (κ3) is 2.84. The summed E-state index contributed by atoms with van der Waals surface area (Å²) in [5, 5.41) is 5.74. The molecule has 112 valence electrons. The molecule has 0 spiro atoms. The van der Waals surface area contributed by atoms with Crippen LogP contribution in [0.2, 0.25) is 0 Å². The van der Waals surface area contributed by atoms with Gasteiger partial charge in [-0.15, -0.1) is 0 Å². The van der Waals surface area contributed by atoms with Gasteiger partial charge in [0.05, 0.1) is 19.2 Å². The van der Waals surface area contributed by atoms with Crippen LogP contribution < -0.4 is 15.4 Å². The number of ether oxygens (including phenoxy) is 1. The van der Waals surface area contributed by atoms with Gasteiger partial charge in [0, 0.05) is 12.3 Å². The third-order valence-electron chi connectivity index (χ3n) is 3.93. The number of halogens is 1. The molecular formula is C15H17FN2O3. The van der Waals surface area contributed by atoms with Crippen molar-refractivity contribution < 1.29 is 18.7 Å². The van der Waals surface area contributed by atoms with Crippen LogP contribution >= 0.6 is 0 Å². The first-order chi connectivity index (χ1) is 10.1. The van der Waals surface area contributed by atoms with Crippen LogP contribution in [0.3, 0.4) is 0 Å². The molecule has 21 heavy (non-hydrogen) atoms. The summed E-state index contributed by atoms with van der Waals surface area (Å²) in [6, 6.07) is 3.81. The van der Waals surface area contributed by atoms with Crippen molar-refractivity contribution in [3.05, 3.63) is 29.6 Å². The topological polar surface area (TPSA) is 67.4 Å². The minimum absolute atomic E-state index is 0.00410. The van der Waals surface area contributed by atoms with Gasteiger partial charge in [-0.2, -0.15) is 0 Å². The lowest BCUT2D eigenvalue weighted by atomic mass is 10.00. The van der Waals surface area contributed by atoms with E-state index in [1.807, 2.05) is 0 Å². The number of amides is 2. The standard InChI is InChI=1S/C15H17FN2O3/c1-21-12-6-9(4-5-10(12)16)14-11(7-13(19)18-14)17-15(20)8-2-3-8/h4-6,8,11,14H,2-3,7H2,1H3,(H,17,20)(H,18,19)/t11-,14?/m0/s1. The first-order valence-electron chi connectivity index (χ1n) is 7.01. The van der Waals surface area contributed by atoms with Crippen LogP contribution in [0.1, 0.15) is 30.9 Å². The molecule has 1 aliphatic heterocycles. The Bertz CT molecular complexity index is 586. The number of methoxy groups -OCH3 is 1. The Balaban J connectivity index is 1.80. The fourth-order valence-corrected chi connectivity index (χ4v) is 2.62. The van der Waals surface area contributed by atoms with Gasteiger partial charge in [-0.1, -0.05) is 6.07 Å². The molecule has 1 saturated heterocycles. The average molecular weight is 292 g/mol. The zero-order chi connectivity index (χ0) is 15.0. The smallest absolute Gasteiger partial charge is 0.223 e. The average Bonchev–Trinajstić information content (AvgIpc) is 3.24. The van der Waals surface area contributed by atoms with Gasteiger partial charge in [-0.25, -0.2) is 4.39 Å². The molecule has 3 rings (SSSR count). The summed E-state index contributed by atoms with van der Waals surface area (Å²) in [5.74, 6) is -0.367. The highest BCUT2D eigenvalue weighted by molar-refractivity contribution is 5.85. The number of rotatable bonds is 4. The fraction of sp³-hybridized carbons (Fsp3) is 0.467. The van der Waals surface area contributed by atoms with Gasteiger partial charge in [0.1, 0.15) is 0 Å². The minimum Gasteiger partial charge on any atom is -0.494 e. The third-order valence-corrected chi connectivity index (χ3v) is 3.93. The van der Waals surface area contributed by atoms with Gasteiger partial charge < -0.3 is 15.4 Å². The minimum atomic E-state index is -0.455. The van der Waals surface area contributed by atoms with Gasteiger partial charge in [0.25, 0.3) is 0 Å². The Labute approximate surface area is 121 Å². The van der Waals surface area contributed by atoms with Crippen molar-refractivity contribution in [2.45, 2.75) is 31.3 Å². The van der Waals surface area contributed by atoms with E-state index in [2.05, 4.69) is 10.6 Å². The van der Waals surface area contributed by atoms with Crippen molar-refractivity contribution >= 4 is 11.8 Å². The number of benzene rings is 1. The number of carbonyl (C=O) groups is 2. The van der Waals surface area contributed by atoms with Gasteiger partial charge >= 0.3 is 0 Å². The Kier molecular flexibility index (Phi) is 3.53. The molecule has 1 aliphatic carbocycles. The lowest BCUT2D eigenvalue weighted by Crippen LogP contribution is -2.39. The fourth-order valence-electron chi connectivity index (χ4n) is 2.62. The first-order valence-corrected chi connectivity index (χ1v) is 7.01. The van der Waals surface area contributed by atoms with Gasteiger partial charge in [-0.05, 0) is 30.5 Å². The van der Waals surface area contributed by atoms with Crippen molar-refractivity contribution in [1.82, 2.24) is 10.6 Å². The number of hydrogen-bond donors (Lipinski definition) is 2. The Morgan fingerprint density at radius 3 is 2.86 bits per heavy atom. The van der Waals surface area contributed by atoms with Crippen molar-refractivity contribution in [3.8, 4) is 5.75 Å². The lowest BCUT2D eigenvalue weighted by molar-refractivity contribution is -0.123. The second kappa shape index (κ2) is 5.35. The molecule has 2 atom stereocenters. The zero-order valence-electron chi connectivity index (χ0n) is 11.7. The molecule has 1 heterocycles. The van der Waals surface area contributed by atoms with E-state index < -0.39 is 5.82 Å². The molecule has 2 N–H and O–H groups in total. The molecule has 6 heteroatoms. The van der Waals surface area contributed by atoms with Crippen molar-refractivity contribution in [2.75, 3.05) is 7.11 Å². The molecule has 0 aromatic heterocycles. The van der Waals surface area contributed by atoms with E-state index in [9.17, 15) is 14.0 Å². The summed E-state index contributed by atoms with van der Waals surface area (Å²) in [4.78, 5) is 23.5. The quantitative estimate of drug-likeness (QED) is 0.878. The maximum atomic E-state index is 13.5. The van der Waals surface area contributed by atoms with Crippen LogP contribution in [0, 0.1) is 11.7 Å². The molecule has 2 fully saturated rings. The highest BCUT2D eigenvalue weighted by Gasteiger charge is 2.38. The van der Waals surface area contributed by atoms with Crippen molar-refractivity contribution in [2.24, 2.45) is 5.92 Å². The predicted octanol–water partition coefficient (Wildman–Crippen LogP) is 1.29. The summed E-state index contributed by atoms with van der Waals surface area (Å²) in [6.07, 6.45) is 2.06. The summed E-state index contributed by atoms with van der Waals surface area (Å²) in [5.41, 5.74) is 0.722. The first kappa shape index (κ1) is 13.9. The molecule has 0 radical (unpaired) electrons. The Morgan fingerprint density at radius 1 is 1.43 bits per heavy atom. The van der Waals surface area contributed by atoms with E-state index in [4.69, 9.17) is 4.74 Å². The zero-order valence-corrected chi connectivity index (χ0v) is 11.7. The highest BCUT2D eigenvalue weighted by Crippen LogP contribution is 2.32. The van der Waals surface area contributed by atoms with E-state index in [1.54, 1.807) is 12.1 Å². The van der Waals surface area contributed by atoms with Crippen LogP contribution in [-0.2, 0) is 9.59 Å². The highest BCUT2D eigenvalue weighted by atomic mass is 19.1. The molecule has 1 aromatic carbocycles. The maximum Gasteiger partial charge on any atom is 0.223 e. The van der Waals surface area contributed by atoms with E-state index in [0.717, 1.165) is 18.4 Å². The summed E-state index contributed by atoms with van der Waals surface area (Å²) in [6.45, 7) is 0. The van der Waals surface area contributed by atoms with Crippen molar-refractivity contribution in [3.63, 3.8) is 0 Å². The van der Waals surface area contributed by atoms with E-state index >= 15 is 0 Å². The molecule has 2 aliphatic rings. The normalized spacial score (nSPS) is 24.6. The van der Waals surface area contributed by atoms with Gasteiger partial charge in [0.2, 0.25) is 11.8 Å². The van der Waals surface area contributed by atoms with Crippen LogP contribution in [0.5, 0.6) is 5.75 Å². The molecule has 5 nitrogen and oxygen atoms in total. The second-order valence-corrected chi connectivity index (χ2v) is 5.53. The van der Waals surface area contributed by atoms with Crippen LogP contribution in [0.4, 0.5) is 4.39 Å². The summed E-state index contributed by atoms with van der Waals surface area (Å²) < 4.78 is 18.4. The molecular weight excluding hydrogens is 275 g/mol. The molecule has 1 saturated carbocycles. The molecule has 2 amide bonds. The number of carbonyl (C=O) groups excluding carboxylic acids is 2. The predicted molar refractivity (Wildman–Crippen MR) is 73.1 cm³/mol. The molecule has 1 unspecified atom stereocenters. The van der Waals surface area contributed by atoms with Crippen LogP contribution in [0.15, 0.2) is 18.2 Å². The second-order valence-electron chi connectivity index (χ2n) is 5.53. The van der Waals surface area contributed by atoms with E-state index in [0.29, 0.717) is 0 Å². The molecule has 0 bridgehead atoms. The van der Waals surface area contributed by atoms with Gasteiger partial charge in [-0.3, -0.25) is 9.59 Å².